The van der Waals surface area contributed by atoms with Crippen LogP contribution in [0.2, 0.25) is 0 Å². The van der Waals surface area contributed by atoms with Gasteiger partial charge in [0.05, 0.1) is 0 Å². The summed E-state index contributed by atoms with van der Waals surface area (Å²) in [7, 11) is 0. The molecule has 1 radical (unpaired) electrons. The quantitative estimate of drug-likeness (QED) is 0.758. The summed E-state index contributed by atoms with van der Waals surface area (Å²) in [6, 6.07) is 0. The fourth-order valence-electron chi connectivity index (χ4n) is 3.44. The van der Waals surface area contributed by atoms with E-state index < -0.39 is 0 Å². The zero-order valence-corrected chi connectivity index (χ0v) is 11.9. The van der Waals surface area contributed by atoms with Crippen LogP contribution >= 0.6 is 0 Å². The Hall–Kier alpha value is -0.570. The van der Waals surface area contributed by atoms with Crippen LogP contribution in [0.5, 0.6) is 0 Å². The van der Waals surface area contributed by atoms with Crippen LogP contribution in [0.1, 0.15) is 46.0 Å². The maximum atomic E-state index is 12.2. The third-order valence-electron chi connectivity index (χ3n) is 4.30. The van der Waals surface area contributed by atoms with E-state index in [1.54, 1.807) is 0 Å². The van der Waals surface area contributed by atoms with Gasteiger partial charge in [-0.05, 0) is 43.4 Å². The van der Waals surface area contributed by atoms with Crippen LogP contribution in [0.15, 0.2) is 0 Å². The van der Waals surface area contributed by atoms with Crippen molar-refractivity contribution in [2.45, 2.75) is 46.0 Å². The maximum absolute atomic E-state index is 12.2. The summed E-state index contributed by atoms with van der Waals surface area (Å²) in [6.45, 7) is 8.48. The van der Waals surface area contributed by atoms with Gasteiger partial charge in [0.2, 0.25) is 5.91 Å². The van der Waals surface area contributed by atoms with E-state index in [0.717, 1.165) is 39.0 Å². The number of amides is 1. The Morgan fingerprint density at radius 3 is 2.61 bits per heavy atom. The summed E-state index contributed by atoms with van der Waals surface area (Å²) in [6.07, 6.45) is 5.53. The second kappa shape index (κ2) is 6.55. The van der Waals surface area contributed by atoms with Crippen molar-refractivity contribution in [3.63, 3.8) is 0 Å². The Bertz CT molecular complexity index is 264. The molecule has 0 aromatic rings. The van der Waals surface area contributed by atoms with Gasteiger partial charge in [-0.3, -0.25) is 4.79 Å². The molecule has 2 aliphatic heterocycles. The molecule has 2 saturated heterocycles. The predicted octanol–water partition coefficient (Wildman–Crippen LogP) is 2.29. The van der Waals surface area contributed by atoms with E-state index in [9.17, 15) is 4.79 Å². The fraction of sp³-hybridized carbons (Fsp3) is 0.933. The number of likely N-dealkylation sites (tertiary alicyclic amines) is 1. The highest BCUT2D eigenvalue weighted by Gasteiger charge is 2.25. The van der Waals surface area contributed by atoms with Crippen LogP contribution in [0.3, 0.4) is 0 Å². The molecule has 2 fully saturated rings. The molecule has 18 heavy (non-hydrogen) atoms. The average Bonchev–Trinajstić information content (AvgIpc) is 2.36. The molecule has 3 atom stereocenters. The van der Waals surface area contributed by atoms with Gasteiger partial charge in [0.25, 0.3) is 0 Å². The lowest BCUT2D eigenvalue weighted by atomic mass is 9.90. The number of nitrogens with zero attached hydrogens (tertiary/aromatic N) is 2. The Kier molecular flexibility index (Phi) is 5.04. The average molecular weight is 251 g/mol. The molecule has 0 saturated carbocycles. The molecule has 103 valence electrons. The highest BCUT2D eigenvalue weighted by molar-refractivity contribution is 5.76. The number of carbonyl (C=O) groups is 1. The Morgan fingerprint density at radius 1 is 1.28 bits per heavy atom. The predicted molar refractivity (Wildman–Crippen MR) is 73.4 cm³/mol. The molecular formula is C15H27N2O. The third kappa shape index (κ3) is 3.98. The molecule has 0 spiro atoms. The van der Waals surface area contributed by atoms with E-state index in [4.69, 9.17) is 0 Å². The lowest BCUT2D eigenvalue weighted by Crippen LogP contribution is -2.42. The largest absolute Gasteiger partial charge is 0.342 e. The molecule has 0 aromatic heterocycles. The van der Waals surface area contributed by atoms with Crippen molar-refractivity contribution < 1.29 is 4.79 Å². The summed E-state index contributed by atoms with van der Waals surface area (Å²) < 4.78 is 0. The van der Waals surface area contributed by atoms with Gasteiger partial charge >= 0.3 is 0 Å². The monoisotopic (exact) mass is 251 g/mol. The van der Waals surface area contributed by atoms with Gasteiger partial charge in [0.1, 0.15) is 0 Å². The summed E-state index contributed by atoms with van der Waals surface area (Å²) in [5.41, 5.74) is 0. The van der Waals surface area contributed by atoms with Crippen molar-refractivity contribution >= 4 is 5.91 Å². The second-order valence-corrected chi connectivity index (χ2v) is 6.42. The smallest absolute Gasteiger partial charge is 0.222 e. The van der Waals surface area contributed by atoms with Gasteiger partial charge in [0, 0.05) is 32.6 Å². The normalized spacial score (nSPS) is 33.4. The minimum absolute atomic E-state index is 0.374. The molecular weight excluding hydrogens is 224 g/mol. The summed E-state index contributed by atoms with van der Waals surface area (Å²) >= 11 is 0. The molecule has 0 aliphatic carbocycles. The SMILES string of the molecule is CC1CC(C)CN(C(=O)CCC2CCC[N]C2)C1. The van der Waals surface area contributed by atoms with E-state index in [0.29, 0.717) is 23.7 Å². The topological polar surface area (TPSA) is 34.4 Å². The zero-order chi connectivity index (χ0) is 13.0. The minimum Gasteiger partial charge on any atom is -0.342 e. The van der Waals surface area contributed by atoms with Gasteiger partial charge < -0.3 is 4.90 Å². The van der Waals surface area contributed by atoms with Crippen LogP contribution in [0.25, 0.3) is 0 Å². The number of hydrogen-bond donors (Lipinski definition) is 0. The Morgan fingerprint density at radius 2 is 2.00 bits per heavy atom. The van der Waals surface area contributed by atoms with E-state index in [2.05, 4.69) is 24.1 Å². The first-order valence-electron chi connectivity index (χ1n) is 7.56. The number of carbonyl (C=O) groups excluding carboxylic acids is 1. The lowest BCUT2D eigenvalue weighted by Gasteiger charge is -2.35. The third-order valence-corrected chi connectivity index (χ3v) is 4.30. The van der Waals surface area contributed by atoms with Gasteiger partial charge in [-0.15, -0.1) is 0 Å². The van der Waals surface area contributed by atoms with E-state index in [-0.39, 0.29) is 0 Å². The summed E-state index contributed by atoms with van der Waals surface area (Å²) in [4.78, 5) is 14.3. The minimum atomic E-state index is 0.374. The van der Waals surface area contributed by atoms with Gasteiger partial charge in [-0.1, -0.05) is 13.8 Å². The molecule has 0 N–H and O–H groups in total. The first-order chi connectivity index (χ1) is 8.65. The zero-order valence-electron chi connectivity index (χ0n) is 11.9. The molecule has 0 aromatic carbocycles. The number of piperidine rings is 2. The standard InChI is InChI=1S/C15H27N2O/c1-12-8-13(2)11-17(10-12)15(18)6-5-14-4-3-7-16-9-14/h12-14H,3-11H2,1-2H3. The molecule has 2 rings (SSSR count). The van der Waals surface area contributed by atoms with Crippen LogP contribution in [-0.4, -0.2) is 37.0 Å². The molecule has 1 amide bonds. The highest BCUT2D eigenvalue weighted by atomic mass is 16.2. The van der Waals surface area contributed by atoms with E-state index >= 15 is 0 Å². The lowest BCUT2D eigenvalue weighted by molar-refractivity contribution is -0.134. The molecule has 2 heterocycles. The van der Waals surface area contributed by atoms with Crippen molar-refractivity contribution in [2.75, 3.05) is 26.2 Å². The van der Waals surface area contributed by atoms with Gasteiger partial charge in [0.15, 0.2) is 0 Å². The Balaban J connectivity index is 1.73. The number of hydrogen-bond acceptors (Lipinski definition) is 1. The van der Waals surface area contributed by atoms with Crippen LogP contribution in [0.4, 0.5) is 0 Å². The van der Waals surface area contributed by atoms with Gasteiger partial charge in [-0.25, -0.2) is 5.32 Å². The summed E-state index contributed by atoms with van der Waals surface area (Å²) in [5.74, 6) is 2.38. The van der Waals surface area contributed by atoms with Crippen molar-refractivity contribution in [1.82, 2.24) is 10.2 Å². The second-order valence-electron chi connectivity index (χ2n) is 6.42. The molecule has 3 unspecified atom stereocenters. The first-order valence-corrected chi connectivity index (χ1v) is 7.56. The van der Waals surface area contributed by atoms with Crippen molar-refractivity contribution in [1.29, 1.82) is 0 Å². The van der Waals surface area contributed by atoms with Crippen molar-refractivity contribution in [3.05, 3.63) is 0 Å². The van der Waals surface area contributed by atoms with Gasteiger partial charge in [-0.2, -0.15) is 0 Å². The summed E-state index contributed by atoms with van der Waals surface area (Å²) in [5, 5.41) is 4.45. The van der Waals surface area contributed by atoms with E-state index in [1.807, 2.05) is 0 Å². The van der Waals surface area contributed by atoms with Crippen molar-refractivity contribution in [2.24, 2.45) is 17.8 Å². The first kappa shape index (κ1) is 13.9. The molecule has 0 bridgehead atoms. The molecule has 2 aliphatic rings. The fourth-order valence-corrected chi connectivity index (χ4v) is 3.44. The Labute approximate surface area is 111 Å². The highest BCUT2D eigenvalue weighted by Crippen LogP contribution is 2.23. The van der Waals surface area contributed by atoms with E-state index in [1.165, 1.54) is 19.3 Å². The van der Waals surface area contributed by atoms with Crippen LogP contribution < -0.4 is 5.32 Å². The van der Waals surface area contributed by atoms with Crippen molar-refractivity contribution in [3.8, 4) is 0 Å². The maximum Gasteiger partial charge on any atom is 0.222 e. The molecule has 3 heteroatoms. The van der Waals surface area contributed by atoms with Crippen LogP contribution in [-0.2, 0) is 4.79 Å². The number of rotatable bonds is 3. The molecule has 3 nitrogen and oxygen atoms in total. The van der Waals surface area contributed by atoms with Crippen LogP contribution in [0, 0.1) is 17.8 Å².